The lowest BCUT2D eigenvalue weighted by molar-refractivity contribution is -0.325. The first-order valence-electron chi connectivity index (χ1n) is 20.1. The van der Waals surface area contributed by atoms with Crippen molar-refractivity contribution in [1.29, 1.82) is 0 Å². The summed E-state index contributed by atoms with van der Waals surface area (Å²) >= 11 is 0. The van der Waals surface area contributed by atoms with Crippen LogP contribution in [0.3, 0.4) is 0 Å². The summed E-state index contributed by atoms with van der Waals surface area (Å²) < 4.78 is 90.1. The molecule has 0 aromatic rings. The number of carbonyl (C=O) groups excluding carboxylic acids is 9. The van der Waals surface area contributed by atoms with Crippen LogP contribution in [0.15, 0.2) is 36.4 Å². The molecule has 0 amide bonds. The van der Waals surface area contributed by atoms with Crippen LogP contribution in [0.2, 0.25) is 0 Å². The first kappa shape index (κ1) is 54.0. The summed E-state index contributed by atoms with van der Waals surface area (Å²) in [5.74, 6) is -7.78. The van der Waals surface area contributed by atoms with Crippen molar-refractivity contribution in [1.82, 2.24) is 0 Å². The Morgan fingerprint density at radius 1 is 0.621 bits per heavy atom. The Balaban J connectivity index is 2.15. The number of hydrogen-bond acceptors (Lipinski definition) is 25. The van der Waals surface area contributed by atoms with E-state index >= 15 is 0 Å². The average Bonchev–Trinajstić information content (AvgIpc) is 3.19. The molecule has 7 unspecified atom stereocenters. The zero-order valence-electron chi connectivity index (χ0n) is 37.8. The van der Waals surface area contributed by atoms with Gasteiger partial charge in [0.25, 0.3) is 5.95 Å². The predicted molar refractivity (Wildman–Crippen MR) is 209 cm³/mol. The van der Waals surface area contributed by atoms with Crippen LogP contribution < -0.4 is 0 Å². The minimum Gasteiger partial charge on any atom is -0.492 e. The highest BCUT2D eigenvalue weighted by Gasteiger charge is 2.53. The van der Waals surface area contributed by atoms with E-state index < -0.39 is 154 Å². The minimum atomic E-state index is -1.75. The quantitative estimate of drug-likeness (QED) is 0.0822. The molecule has 1 saturated heterocycles. The third-order valence-electron chi connectivity index (χ3n) is 8.63. The maximum atomic E-state index is 12.5. The third kappa shape index (κ3) is 18.3. The molecule has 3 aliphatic heterocycles. The van der Waals surface area contributed by atoms with Gasteiger partial charge in [-0.15, -0.1) is 0 Å². The second kappa shape index (κ2) is 26.0. The normalized spacial score (nSPS) is 25.8. The predicted octanol–water partition coefficient (Wildman–Crippen LogP) is 0.766. The number of ether oxygens (including phenoxy) is 16. The number of hydrogen-bond donors (Lipinski definition) is 0. The van der Waals surface area contributed by atoms with Crippen molar-refractivity contribution in [2.45, 2.75) is 143 Å². The molecule has 66 heavy (non-hydrogen) atoms. The Bertz CT molecular complexity index is 1850. The Kier molecular flexibility index (Phi) is 21.3. The molecule has 368 valence electrons. The van der Waals surface area contributed by atoms with E-state index in [1.807, 2.05) is 0 Å². The number of carbonyl (C=O) groups is 9. The molecule has 3 rings (SSSR count). The summed E-state index contributed by atoms with van der Waals surface area (Å²) in [6.07, 6.45) is -12.7. The molecule has 25 heteroatoms. The molecule has 0 N–H and O–H groups in total. The summed E-state index contributed by atoms with van der Waals surface area (Å²) in [6, 6.07) is 0. The van der Waals surface area contributed by atoms with E-state index in [0.29, 0.717) is 0 Å². The van der Waals surface area contributed by atoms with Gasteiger partial charge in [0.15, 0.2) is 55.0 Å². The van der Waals surface area contributed by atoms with Crippen molar-refractivity contribution in [3.63, 3.8) is 0 Å². The zero-order valence-corrected chi connectivity index (χ0v) is 37.8. The molecule has 0 saturated carbocycles. The average molecular weight is 947 g/mol. The molecule has 0 bridgehead atoms. The molecular weight excluding hydrogens is 892 g/mol. The lowest BCUT2D eigenvalue weighted by Gasteiger charge is -2.45. The van der Waals surface area contributed by atoms with E-state index in [9.17, 15) is 43.2 Å². The van der Waals surface area contributed by atoms with Gasteiger partial charge in [0, 0.05) is 68.4 Å². The third-order valence-corrected chi connectivity index (χ3v) is 8.63. The van der Waals surface area contributed by atoms with Crippen LogP contribution in [0, 0.1) is 0 Å². The summed E-state index contributed by atoms with van der Waals surface area (Å²) in [5.41, 5.74) is 0. The molecule has 25 nitrogen and oxygen atoms in total. The topological polar surface area (TPSA) is 301 Å². The summed E-state index contributed by atoms with van der Waals surface area (Å²) in [6.45, 7) is 8.77. The van der Waals surface area contributed by atoms with E-state index in [4.69, 9.17) is 75.8 Å². The van der Waals surface area contributed by atoms with E-state index in [2.05, 4.69) is 0 Å². The van der Waals surface area contributed by atoms with Crippen LogP contribution >= 0.6 is 0 Å². The molecule has 0 aromatic heterocycles. The summed E-state index contributed by atoms with van der Waals surface area (Å²) in [7, 11) is 0. The van der Waals surface area contributed by atoms with Gasteiger partial charge in [-0.1, -0.05) is 0 Å². The van der Waals surface area contributed by atoms with Gasteiger partial charge in [0.05, 0.1) is 12.4 Å². The van der Waals surface area contributed by atoms with Crippen molar-refractivity contribution >= 4 is 53.7 Å². The Morgan fingerprint density at radius 2 is 1.20 bits per heavy atom. The fourth-order valence-electron chi connectivity index (χ4n) is 6.20. The standard InChI is InChI=1S/C41H54O25/c1-19-37(61-26(8)48)39(62-27(9)49)40(63-28(10)50)41(57-19)65-29-11-12-51-34(17-54-22(4)44)38(29)66-36(18-56-35-13-30(58-23(5)45)31(16-55-35)59-24(6)46)64-33(15-53-21(3)43)32(60-25(7)47)14-52-20(2)42/h11-13,16,19,29-30,32-34,36-41H,14-15,17-18H2,1-10H3/t19?,29?,30?,32-,33?,34?,36+,37-,38+,39?,40?,41+/m1/s1. The van der Waals surface area contributed by atoms with Gasteiger partial charge in [-0.25, -0.2) is 0 Å². The first-order chi connectivity index (χ1) is 31.0. The monoisotopic (exact) mass is 946 g/mol. The highest BCUT2D eigenvalue weighted by molar-refractivity contribution is 5.70. The molecule has 0 aliphatic carbocycles. The van der Waals surface area contributed by atoms with Gasteiger partial charge in [0.1, 0.15) is 51.0 Å². The fourth-order valence-corrected chi connectivity index (χ4v) is 6.20. The van der Waals surface area contributed by atoms with E-state index in [-0.39, 0.29) is 11.7 Å². The number of esters is 9. The maximum absolute atomic E-state index is 12.5. The Morgan fingerprint density at radius 3 is 1.76 bits per heavy atom. The number of rotatable bonds is 22. The molecule has 0 aromatic carbocycles. The van der Waals surface area contributed by atoms with Crippen LogP contribution in [0.25, 0.3) is 0 Å². The van der Waals surface area contributed by atoms with Gasteiger partial charge in [0.2, 0.25) is 0 Å². The van der Waals surface area contributed by atoms with Crippen LogP contribution in [0.5, 0.6) is 0 Å². The van der Waals surface area contributed by atoms with E-state index in [1.165, 1.54) is 19.3 Å². The van der Waals surface area contributed by atoms with Gasteiger partial charge >= 0.3 is 53.7 Å². The van der Waals surface area contributed by atoms with Crippen molar-refractivity contribution in [3.05, 3.63) is 36.4 Å². The van der Waals surface area contributed by atoms with Gasteiger partial charge in [-0.2, -0.15) is 0 Å². The highest BCUT2D eigenvalue weighted by atomic mass is 16.8. The van der Waals surface area contributed by atoms with Crippen LogP contribution in [0.4, 0.5) is 0 Å². The summed E-state index contributed by atoms with van der Waals surface area (Å²) in [4.78, 5) is 109. The molecule has 3 heterocycles. The van der Waals surface area contributed by atoms with Gasteiger partial charge < -0.3 is 75.8 Å². The molecule has 0 radical (unpaired) electrons. The van der Waals surface area contributed by atoms with Crippen LogP contribution in [-0.2, 0) is 119 Å². The lowest BCUT2D eigenvalue weighted by atomic mass is 9.98. The SMILES string of the molecule is CC(=O)OCC1OC=CC(O[C@@H]2OC(C)[C@@H](OC(C)=O)C(OC(C)=O)C2OC(C)=O)[C@@H]1O[C@@H](COC1=CC(OC(C)=O)C(OC(C)=O)=CO1)OC(COC(C)=O)[C@@H](COC(C)=O)OC(C)=O. The Hall–Kier alpha value is -6.31. The molecule has 12 atom stereocenters. The van der Waals surface area contributed by atoms with Crippen LogP contribution in [-0.4, -0.2) is 154 Å². The zero-order chi connectivity index (χ0) is 49.2. The fraction of sp³-hybridized carbons (Fsp3) is 0.634. The van der Waals surface area contributed by atoms with Crippen molar-refractivity contribution in [2.24, 2.45) is 0 Å². The molecule has 3 aliphatic rings. The summed E-state index contributed by atoms with van der Waals surface area (Å²) in [5, 5.41) is 0. The van der Waals surface area contributed by atoms with Gasteiger partial charge in [-0.05, 0) is 13.0 Å². The maximum Gasteiger partial charge on any atom is 0.307 e. The molecule has 0 spiro atoms. The minimum absolute atomic E-state index is 0.217. The van der Waals surface area contributed by atoms with Crippen molar-refractivity contribution < 1.29 is 119 Å². The van der Waals surface area contributed by atoms with E-state index in [0.717, 1.165) is 74.7 Å². The first-order valence-corrected chi connectivity index (χ1v) is 20.1. The lowest BCUT2D eigenvalue weighted by Crippen LogP contribution is -2.62. The molecule has 1 fully saturated rings. The van der Waals surface area contributed by atoms with E-state index in [1.54, 1.807) is 0 Å². The highest BCUT2D eigenvalue weighted by Crippen LogP contribution is 2.33. The van der Waals surface area contributed by atoms with Crippen molar-refractivity contribution in [2.75, 3.05) is 26.4 Å². The van der Waals surface area contributed by atoms with Crippen LogP contribution in [0.1, 0.15) is 69.2 Å². The van der Waals surface area contributed by atoms with Gasteiger partial charge in [-0.3, -0.25) is 43.2 Å². The second-order valence-electron chi connectivity index (χ2n) is 14.4. The van der Waals surface area contributed by atoms with Crippen molar-refractivity contribution in [3.8, 4) is 0 Å². The Labute approximate surface area is 378 Å². The second-order valence-corrected chi connectivity index (χ2v) is 14.4. The smallest absolute Gasteiger partial charge is 0.307 e. The largest absolute Gasteiger partial charge is 0.492 e. The molecular formula is C41H54O25.